The zero-order chi connectivity index (χ0) is 21.8. The minimum atomic E-state index is -0.635. The minimum Gasteiger partial charge on any atom is -0.454 e. The lowest BCUT2D eigenvalue weighted by Gasteiger charge is -2.07. The van der Waals surface area contributed by atoms with Gasteiger partial charge < -0.3 is 14.6 Å². The Balaban J connectivity index is 1.43. The van der Waals surface area contributed by atoms with Gasteiger partial charge in [0.15, 0.2) is 6.61 Å². The summed E-state index contributed by atoms with van der Waals surface area (Å²) in [4.78, 5) is 37.1. The predicted octanol–water partition coefficient (Wildman–Crippen LogP) is 3.94. The third-order valence-electron chi connectivity index (χ3n) is 5.20. The predicted molar refractivity (Wildman–Crippen MR) is 115 cm³/mol. The van der Waals surface area contributed by atoms with Crippen molar-refractivity contribution in [2.75, 3.05) is 11.9 Å². The number of hydrogen-bond donors (Lipinski definition) is 1. The Bertz CT molecular complexity index is 1200. The number of amides is 1. The van der Waals surface area contributed by atoms with Crippen molar-refractivity contribution in [3.63, 3.8) is 0 Å². The van der Waals surface area contributed by atoms with E-state index in [0.29, 0.717) is 24.2 Å². The van der Waals surface area contributed by atoms with Crippen LogP contribution in [0.3, 0.4) is 0 Å². The number of aryl methyl sites for hydroxylation is 1. The highest BCUT2D eigenvalue weighted by Crippen LogP contribution is 2.30. The Morgan fingerprint density at radius 1 is 1.13 bits per heavy atom. The zero-order valence-corrected chi connectivity index (χ0v) is 16.8. The molecule has 7 nitrogen and oxygen atoms in total. The third-order valence-corrected chi connectivity index (χ3v) is 5.20. The fraction of sp³-hybridized carbons (Fsp3) is 0.250. The first kappa shape index (κ1) is 20.4. The normalized spacial score (nSPS) is 12.9. The number of Topliss-reactive ketones (excluding diaryl/α,β-unsaturated/α-hetero) is 1. The number of nitrogens with one attached hydrogen (secondary N) is 1. The summed E-state index contributed by atoms with van der Waals surface area (Å²) in [5, 5.41) is 12.4. The first-order valence-corrected chi connectivity index (χ1v) is 10.1. The molecule has 1 aliphatic rings. The molecule has 3 aromatic rings. The molecule has 0 saturated heterocycles. The summed E-state index contributed by atoms with van der Waals surface area (Å²) in [6, 6.07) is 16.0. The molecule has 1 aromatic heterocycles. The fourth-order valence-corrected chi connectivity index (χ4v) is 3.43. The molecular weight excluding hydrogens is 394 g/mol. The fourth-order valence-electron chi connectivity index (χ4n) is 3.43. The van der Waals surface area contributed by atoms with Crippen LogP contribution in [0.5, 0.6) is 0 Å². The summed E-state index contributed by atoms with van der Waals surface area (Å²) in [7, 11) is 0. The number of aromatic nitrogens is 1. The van der Waals surface area contributed by atoms with E-state index in [1.807, 2.05) is 28.8 Å². The van der Waals surface area contributed by atoms with Crippen LogP contribution in [-0.2, 0) is 16.1 Å². The Labute approximate surface area is 179 Å². The summed E-state index contributed by atoms with van der Waals surface area (Å²) < 4.78 is 7.10. The van der Waals surface area contributed by atoms with Gasteiger partial charge in [-0.1, -0.05) is 24.3 Å². The van der Waals surface area contributed by atoms with Gasteiger partial charge in [0.1, 0.15) is 0 Å². The zero-order valence-electron chi connectivity index (χ0n) is 16.8. The second kappa shape index (κ2) is 8.84. The molecule has 1 aliphatic carbocycles. The Morgan fingerprint density at radius 3 is 2.71 bits per heavy atom. The molecular formula is C24H21N3O4. The molecule has 31 heavy (non-hydrogen) atoms. The topological polar surface area (TPSA) is 101 Å². The van der Waals surface area contributed by atoms with Crippen molar-refractivity contribution in [3.8, 4) is 6.07 Å². The molecule has 2 aromatic carbocycles. The molecule has 1 amide bonds. The lowest BCUT2D eigenvalue weighted by atomic mass is 10.1. The van der Waals surface area contributed by atoms with Gasteiger partial charge >= 0.3 is 5.97 Å². The number of carbonyl (C=O) groups is 3. The van der Waals surface area contributed by atoms with E-state index in [1.165, 1.54) is 0 Å². The van der Waals surface area contributed by atoms with Crippen LogP contribution in [0.25, 0.3) is 10.9 Å². The summed E-state index contributed by atoms with van der Waals surface area (Å²) in [6.07, 6.45) is 3.81. The third kappa shape index (κ3) is 4.64. The van der Waals surface area contributed by atoms with Crippen LogP contribution in [0.15, 0.2) is 54.7 Å². The van der Waals surface area contributed by atoms with E-state index >= 15 is 0 Å². The van der Waals surface area contributed by atoms with Crippen molar-refractivity contribution in [2.45, 2.75) is 25.8 Å². The highest BCUT2D eigenvalue weighted by atomic mass is 16.5. The number of esters is 1. The number of nitrogens with zero attached hydrogens (tertiary/aromatic N) is 2. The van der Waals surface area contributed by atoms with Gasteiger partial charge in [0, 0.05) is 40.8 Å². The quantitative estimate of drug-likeness (QED) is 0.443. The number of benzene rings is 2. The Kier molecular flexibility index (Phi) is 5.80. The van der Waals surface area contributed by atoms with Crippen molar-refractivity contribution in [3.05, 3.63) is 65.9 Å². The number of nitriles is 1. The van der Waals surface area contributed by atoms with E-state index in [0.717, 1.165) is 23.7 Å². The monoisotopic (exact) mass is 415 g/mol. The highest BCUT2D eigenvalue weighted by Gasteiger charge is 2.29. The largest absolute Gasteiger partial charge is 0.454 e. The van der Waals surface area contributed by atoms with E-state index < -0.39 is 12.6 Å². The van der Waals surface area contributed by atoms with Gasteiger partial charge in [0.05, 0.1) is 18.1 Å². The van der Waals surface area contributed by atoms with E-state index in [1.54, 1.807) is 30.5 Å². The molecule has 0 bridgehead atoms. The maximum absolute atomic E-state index is 12.8. The number of para-hydroxylation sites is 1. The molecule has 1 N–H and O–H groups in total. The van der Waals surface area contributed by atoms with Crippen LogP contribution in [0, 0.1) is 17.2 Å². The van der Waals surface area contributed by atoms with Crippen molar-refractivity contribution >= 4 is 34.3 Å². The maximum atomic E-state index is 12.8. The van der Waals surface area contributed by atoms with Gasteiger partial charge in [-0.3, -0.25) is 9.59 Å². The Morgan fingerprint density at radius 2 is 1.94 bits per heavy atom. The molecule has 156 valence electrons. The molecule has 4 rings (SSSR count). The van der Waals surface area contributed by atoms with Crippen LogP contribution in [0.4, 0.5) is 5.69 Å². The average Bonchev–Trinajstić information content (AvgIpc) is 3.58. The van der Waals surface area contributed by atoms with Crippen LogP contribution in [0.2, 0.25) is 0 Å². The average molecular weight is 415 g/mol. The lowest BCUT2D eigenvalue weighted by molar-refractivity contribution is -0.117. The van der Waals surface area contributed by atoms with Gasteiger partial charge in [0.2, 0.25) is 11.7 Å². The molecule has 0 aliphatic heterocycles. The van der Waals surface area contributed by atoms with Gasteiger partial charge in [0.25, 0.3) is 0 Å². The number of rotatable bonds is 8. The number of carbonyl (C=O) groups excluding carboxylic acids is 3. The van der Waals surface area contributed by atoms with E-state index in [4.69, 9.17) is 10.00 Å². The number of ether oxygens (including phenoxy) is 1. The number of ketones is 1. The molecule has 0 radical (unpaired) electrons. The molecule has 7 heteroatoms. The summed E-state index contributed by atoms with van der Waals surface area (Å²) in [6.45, 7) is 0.0766. The van der Waals surface area contributed by atoms with Crippen molar-refractivity contribution in [1.29, 1.82) is 5.26 Å². The standard InChI is InChI=1S/C24H21N3O4/c25-11-4-12-27-14-20(19-7-1-2-8-21(19)27)22(28)15-31-24(30)17-5-3-6-18(13-17)26-23(29)16-9-10-16/h1-3,5-8,13-14,16H,4,9-10,12,15H2,(H,26,29). The second-order valence-electron chi connectivity index (χ2n) is 7.51. The molecule has 0 unspecified atom stereocenters. The van der Waals surface area contributed by atoms with Gasteiger partial charge in [-0.15, -0.1) is 0 Å². The Hall–Kier alpha value is -3.92. The second-order valence-corrected chi connectivity index (χ2v) is 7.51. The van der Waals surface area contributed by atoms with E-state index in [2.05, 4.69) is 11.4 Å². The van der Waals surface area contributed by atoms with Crippen molar-refractivity contribution in [1.82, 2.24) is 4.57 Å². The smallest absolute Gasteiger partial charge is 0.338 e. The van der Waals surface area contributed by atoms with E-state index in [-0.39, 0.29) is 23.2 Å². The number of hydrogen-bond acceptors (Lipinski definition) is 5. The lowest BCUT2D eigenvalue weighted by Crippen LogP contribution is -2.16. The first-order chi connectivity index (χ1) is 15.1. The van der Waals surface area contributed by atoms with Crippen LogP contribution in [0.1, 0.15) is 40.0 Å². The van der Waals surface area contributed by atoms with Crippen molar-refractivity contribution < 1.29 is 19.1 Å². The molecule has 0 atom stereocenters. The highest BCUT2D eigenvalue weighted by molar-refractivity contribution is 6.09. The van der Waals surface area contributed by atoms with E-state index in [9.17, 15) is 14.4 Å². The van der Waals surface area contributed by atoms with Gasteiger partial charge in [-0.25, -0.2) is 4.79 Å². The van der Waals surface area contributed by atoms with Gasteiger partial charge in [-0.05, 0) is 37.1 Å². The number of fused-ring (bicyclic) bond motifs is 1. The van der Waals surface area contributed by atoms with Crippen molar-refractivity contribution in [2.24, 2.45) is 5.92 Å². The number of anilines is 1. The summed E-state index contributed by atoms with van der Waals surface area (Å²) in [5.41, 5.74) is 2.09. The first-order valence-electron chi connectivity index (χ1n) is 10.1. The minimum absolute atomic E-state index is 0.0477. The van der Waals surface area contributed by atoms with Crippen LogP contribution < -0.4 is 5.32 Å². The summed E-state index contributed by atoms with van der Waals surface area (Å²) >= 11 is 0. The van der Waals surface area contributed by atoms with Crippen LogP contribution >= 0.6 is 0 Å². The maximum Gasteiger partial charge on any atom is 0.338 e. The molecule has 1 heterocycles. The SMILES string of the molecule is N#CCCn1cc(C(=O)COC(=O)c2cccc(NC(=O)C3CC3)c2)c2ccccc21. The van der Waals surface area contributed by atoms with Gasteiger partial charge in [-0.2, -0.15) is 5.26 Å². The molecule has 1 saturated carbocycles. The molecule has 0 spiro atoms. The molecule has 1 fully saturated rings. The van der Waals surface area contributed by atoms with Crippen LogP contribution in [-0.4, -0.2) is 28.8 Å². The summed E-state index contributed by atoms with van der Waals surface area (Å²) in [5.74, 6) is -0.945.